The molecule has 2 heterocycles. The Morgan fingerprint density at radius 3 is 2.33 bits per heavy atom. The molecule has 2 aliphatic heterocycles. The summed E-state index contributed by atoms with van der Waals surface area (Å²) in [6, 6.07) is 9.38. The number of hydrogen-bond donors (Lipinski definition) is 0. The van der Waals surface area contributed by atoms with Gasteiger partial charge in [-0.25, -0.2) is 0 Å². The third kappa shape index (κ3) is 3.98. The van der Waals surface area contributed by atoms with Crippen LogP contribution >= 0.6 is 0 Å². The van der Waals surface area contributed by atoms with E-state index >= 15 is 0 Å². The maximum atomic E-state index is 12.6. The van der Waals surface area contributed by atoms with Crippen molar-refractivity contribution in [2.75, 3.05) is 39.3 Å². The van der Waals surface area contributed by atoms with Gasteiger partial charge in [0.1, 0.15) is 0 Å². The Bertz CT molecular complexity index is 556. The molecule has 1 aromatic rings. The van der Waals surface area contributed by atoms with Crippen LogP contribution < -0.4 is 0 Å². The van der Waals surface area contributed by atoms with E-state index in [0.29, 0.717) is 0 Å². The molecule has 2 saturated heterocycles. The maximum Gasteiger partial charge on any atom is 0.253 e. The first-order valence-electron chi connectivity index (χ1n) is 9.38. The standard InChI is InChI=1S/C20H31N3O/c1-16-5-4-6-19(15-16)20(24)22-12-9-21(10-13-22)11-14-23-17(2)7-8-18(23)3/h4-6,15,17-18H,7-14H2,1-3H3/t17-,18-/m1/s1. The Hall–Kier alpha value is -1.39. The SMILES string of the molecule is Cc1cccc(C(=O)N2CCN(CCN3[C@H](C)CC[C@H]3C)CC2)c1. The average molecular weight is 329 g/mol. The number of carbonyl (C=O) groups excluding carboxylic acids is 1. The van der Waals surface area contributed by atoms with Crippen molar-refractivity contribution in [3.8, 4) is 0 Å². The number of likely N-dealkylation sites (tertiary alicyclic amines) is 1. The van der Waals surface area contributed by atoms with E-state index < -0.39 is 0 Å². The van der Waals surface area contributed by atoms with Crippen molar-refractivity contribution in [3.63, 3.8) is 0 Å². The molecule has 0 spiro atoms. The second kappa shape index (κ2) is 7.66. The summed E-state index contributed by atoms with van der Waals surface area (Å²) in [6.07, 6.45) is 2.67. The Morgan fingerprint density at radius 2 is 1.71 bits per heavy atom. The smallest absolute Gasteiger partial charge is 0.253 e. The number of amides is 1. The minimum Gasteiger partial charge on any atom is -0.336 e. The number of hydrogen-bond acceptors (Lipinski definition) is 3. The molecule has 0 aliphatic carbocycles. The molecular weight excluding hydrogens is 298 g/mol. The van der Waals surface area contributed by atoms with E-state index in [0.717, 1.165) is 62.5 Å². The average Bonchev–Trinajstić information content (AvgIpc) is 2.91. The molecule has 2 aliphatic rings. The first-order chi connectivity index (χ1) is 11.5. The summed E-state index contributed by atoms with van der Waals surface area (Å²) >= 11 is 0. The Kier molecular flexibility index (Phi) is 5.57. The molecule has 3 rings (SSSR count). The van der Waals surface area contributed by atoms with E-state index in [1.165, 1.54) is 12.8 Å². The lowest BCUT2D eigenvalue weighted by Crippen LogP contribution is -2.50. The second-order valence-electron chi connectivity index (χ2n) is 7.52. The van der Waals surface area contributed by atoms with Crippen LogP contribution in [0.1, 0.15) is 42.6 Å². The number of rotatable bonds is 4. The van der Waals surface area contributed by atoms with Crippen LogP contribution in [0, 0.1) is 6.92 Å². The Balaban J connectivity index is 1.46. The van der Waals surface area contributed by atoms with Gasteiger partial charge in [-0.3, -0.25) is 14.6 Å². The molecule has 24 heavy (non-hydrogen) atoms. The monoisotopic (exact) mass is 329 g/mol. The van der Waals surface area contributed by atoms with Gasteiger partial charge in [0.15, 0.2) is 0 Å². The minimum atomic E-state index is 0.181. The number of piperazine rings is 1. The normalized spacial score (nSPS) is 26.0. The van der Waals surface area contributed by atoms with Crippen LogP contribution in [-0.2, 0) is 0 Å². The number of carbonyl (C=O) groups is 1. The minimum absolute atomic E-state index is 0.181. The number of aryl methyl sites for hydroxylation is 1. The number of nitrogens with zero attached hydrogens (tertiary/aromatic N) is 3. The van der Waals surface area contributed by atoms with Gasteiger partial charge in [0.2, 0.25) is 0 Å². The predicted molar refractivity (Wildman–Crippen MR) is 98.4 cm³/mol. The second-order valence-corrected chi connectivity index (χ2v) is 7.52. The highest BCUT2D eigenvalue weighted by atomic mass is 16.2. The molecule has 1 aromatic carbocycles. The lowest BCUT2D eigenvalue weighted by molar-refractivity contribution is 0.0614. The molecule has 4 heteroatoms. The van der Waals surface area contributed by atoms with Crippen LogP contribution in [0.25, 0.3) is 0 Å². The summed E-state index contributed by atoms with van der Waals surface area (Å²) in [7, 11) is 0. The van der Waals surface area contributed by atoms with Crippen molar-refractivity contribution >= 4 is 5.91 Å². The van der Waals surface area contributed by atoms with Crippen LogP contribution in [0.2, 0.25) is 0 Å². The van der Waals surface area contributed by atoms with Crippen LogP contribution in [0.15, 0.2) is 24.3 Å². The molecule has 0 bridgehead atoms. The summed E-state index contributed by atoms with van der Waals surface area (Å²) in [5.41, 5.74) is 1.97. The van der Waals surface area contributed by atoms with Crippen LogP contribution in [0.3, 0.4) is 0 Å². The first kappa shape index (κ1) is 17.4. The van der Waals surface area contributed by atoms with Gasteiger partial charge < -0.3 is 4.90 Å². The predicted octanol–water partition coefficient (Wildman–Crippen LogP) is 2.63. The zero-order chi connectivity index (χ0) is 17.1. The van der Waals surface area contributed by atoms with Gasteiger partial charge in [-0.1, -0.05) is 17.7 Å². The fourth-order valence-electron chi connectivity index (χ4n) is 4.08. The summed E-state index contributed by atoms with van der Waals surface area (Å²) < 4.78 is 0. The topological polar surface area (TPSA) is 26.8 Å². The van der Waals surface area contributed by atoms with Crippen LogP contribution in [0.4, 0.5) is 0 Å². The van der Waals surface area contributed by atoms with Gasteiger partial charge in [0, 0.05) is 56.9 Å². The lowest BCUT2D eigenvalue weighted by atomic mass is 10.1. The van der Waals surface area contributed by atoms with Crippen molar-refractivity contribution in [1.29, 1.82) is 0 Å². The van der Waals surface area contributed by atoms with E-state index in [1.807, 2.05) is 36.1 Å². The molecule has 2 atom stereocenters. The molecule has 4 nitrogen and oxygen atoms in total. The van der Waals surface area contributed by atoms with Crippen molar-refractivity contribution in [2.45, 2.75) is 45.7 Å². The van der Waals surface area contributed by atoms with Crippen LogP contribution in [0.5, 0.6) is 0 Å². The highest BCUT2D eigenvalue weighted by Crippen LogP contribution is 2.23. The molecule has 0 unspecified atom stereocenters. The molecule has 1 amide bonds. The highest BCUT2D eigenvalue weighted by Gasteiger charge is 2.28. The Morgan fingerprint density at radius 1 is 1.04 bits per heavy atom. The van der Waals surface area contributed by atoms with Gasteiger partial charge in [-0.2, -0.15) is 0 Å². The van der Waals surface area contributed by atoms with Crippen molar-refractivity contribution < 1.29 is 4.79 Å². The quantitative estimate of drug-likeness (QED) is 0.850. The van der Waals surface area contributed by atoms with E-state index in [-0.39, 0.29) is 5.91 Å². The van der Waals surface area contributed by atoms with Crippen molar-refractivity contribution in [1.82, 2.24) is 14.7 Å². The fourth-order valence-corrected chi connectivity index (χ4v) is 4.08. The molecule has 0 aromatic heterocycles. The summed E-state index contributed by atoms with van der Waals surface area (Å²) in [5, 5.41) is 0. The first-order valence-corrected chi connectivity index (χ1v) is 9.38. The Labute approximate surface area is 146 Å². The van der Waals surface area contributed by atoms with Gasteiger partial charge in [-0.15, -0.1) is 0 Å². The lowest BCUT2D eigenvalue weighted by Gasteiger charge is -2.36. The van der Waals surface area contributed by atoms with Crippen LogP contribution in [-0.4, -0.2) is 72.0 Å². The largest absolute Gasteiger partial charge is 0.336 e. The summed E-state index contributed by atoms with van der Waals surface area (Å²) in [4.78, 5) is 19.8. The zero-order valence-electron chi connectivity index (χ0n) is 15.4. The maximum absolute atomic E-state index is 12.6. The van der Waals surface area contributed by atoms with Gasteiger partial charge >= 0.3 is 0 Å². The summed E-state index contributed by atoms with van der Waals surface area (Å²) in [5.74, 6) is 0.181. The molecule has 2 fully saturated rings. The van der Waals surface area contributed by atoms with Crippen molar-refractivity contribution in [3.05, 3.63) is 35.4 Å². The zero-order valence-corrected chi connectivity index (χ0v) is 15.4. The van der Waals surface area contributed by atoms with Gasteiger partial charge in [-0.05, 0) is 45.7 Å². The summed E-state index contributed by atoms with van der Waals surface area (Å²) in [6.45, 7) is 12.7. The van der Waals surface area contributed by atoms with E-state index in [2.05, 4.69) is 23.6 Å². The molecule has 0 radical (unpaired) electrons. The highest BCUT2D eigenvalue weighted by molar-refractivity contribution is 5.94. The van der Waals surface area contributed by atoms with E-state index in [9.17, 15) is 4.79 Å². The molecule has 0 N–H and O–H groups in total. The fraction of sp³-hybridized carbons (Fsp3) is 0.650. The molecule has 132 valence electrons. The molecule has 0 saturated carbocycles. The van der Waals surface area contributed by atoms with Crippen molar-refractivity contribution in [2.24, 2.45) is 0 Å². The third-order valence-corrected chi connectivity index (χ3v) is 5.73. The third-order valence-electron chi connectivity index (χ3n) is 5.73. The van der Waals surface area contributed by atoms with E-state index in [1.54, 1.807) is 0 Å². The van der Waals surface area contributed by atoms with Gasteiger partial charge in [0.25, 0.3) is 5.91 Å². The van der Waals surface area contributed by atoms with Gasteiger partial charge in [0.05, 0.1) is 0 Å². The number of benzene rings is 1. The van der Waals surface area contributed by atoms with E-state index in [4.69, 9.17) is 0 Å². The molecular formula is C20H31N3O.